The van der Waals surface area contributed by atoms with Crippen molar-refractivity contribution >= 4 is 7.26 Å². The molecule has 0 saturated heterocycles. The second kappa shape index (κ2) is 3.44. The molecule has 0 rings (SSSR count). The van der Waals surface area contributed by atoms with Crippen LogP contribution in [0.3, 0.4) is 0 Å². The molecule has 0 aliphatic rings. The van der Waals surface area contributed by atoms with Crippen molar-refractivity contribution in [2.75, 3.05) is 19.5 Å². The van der Waals surface area contributed by atoms with Crippen molar-refractivity contribution in [3.63, 3.8) is 0 Å². The molecule has 0 atom stereocenters. The van der Waals surface area contributed by atoms with E-state index in [2.05, 4.69) is 47.9 Å². The van der Waals surface area contributed by atoms with Gasteiger partial charge in [-0.2, -0.15) is 0 Å². The number of rotatable bonds is 2. The molecule has 0 fully saturated rings. The van der Waals surface area contributed by atoms with Gasteiger partial charge in [0.05, 0.1) is 0 Å². The van der Waals surface area contributed by atoms with Gasteiger partial charge in [-0.1, -0.05) is 0 Å². The summed E-state index contributed by atoms with van der Waals surface area (Å²) in [4.78, 5) is 0. The Balaban J connectivity index is 4.22. The molecule has 70 valence electrons. The molecule has 0 aromatic rings. The Labute approximate surface area is 73.1 Å². The van der Waals surface area contributed by atoms with E-state index in [0.717, 1.165) is 5.92 Å². The van der Waals surface area contributed by atoms with Crippen molar-refractivity contribution < 1.29 is 0 Å². The van der Waals surface area contributed by atoms with E-state index < -0.39 is 7.26 Å². The fourth-order valence-electron chi connectivity index (χ4n) is 1.33. The fourth-order valence-corrected chi connectivity index (χ4v) is 3.98. The summed E-state index contributed by atoms with van der Waals surface area (Å²) in [7, 11) is -0.968. The van der Waals surface area contributed by atoms with Crippen molar-refractivity contribution in [1.29, 1.82) is 0 Å². The topological polar surface area (TPSA) is 0 Å². The Morgan fingerprint density at radius 3 is 1.55 bits per heavy atom. The first-order chi connectivity index (χ1) is 4.67. The molecule has 0 aliphatic carbocycles. The molecular formula is C10H25P. The minimum atomic E-state index is -0.968. The zero-order chi connectivity index (χ0) is 9.28. The molecule has 0 aromatic heterocycles. The molecule has 1 heteroatoms. The minimum absolute atomic E-state index is 0.567. The molecule has 0 aromatic carbocycles. The summed E-state index contributed by atoms with van der Waals surface area (Å²) in [5.74, 6) is 0.871. The van der Waals surface area contributed by atoms with Crippen LogP contribution >= 0.6 is 7.26 Å². The van der Waals surface area contributed by atoms with Crippen LogP contribution in [0.2, 0.25) is 0 Å². The number of hydrogen-bond acceptors (Lipinski definition) is 0. The zero-order valence-electron chi connectivity index (χ0n) is 9.28. The van der Waals surface area contributed by atoms with E-state index in [1.165, 1.54) is 6.16 Å². The van der Waals surface area contributed by atoms with E-state index >= 15 is 0 Å². The van der Waals surface area contributed by atoms with Crippen LogP contribution in [0.1, 0.15) is 34.6 Å². The maximum atomic E-state index is 2.51. The molecular weight excluding hydrogens is 151 g/mol. The predicted octanol–water partition coefficient (Wildman–Crippen LogP) is 3.45. The zero-order valence-corrected chi connectivity index (χ0v) is 10.3. The van der Waals surface area contributed by atoms with Gasteiger partial charge in [0.2, 0.25) is 0 Å². The first kappa shape index (κ1) is 11.4. The SMILES string of the molecule is CC(C)C[PH](C)(C)C(C)(C)C. The predicted molar refractivity (Wildman–Crippen MR) is 59.6 cm³/mol. The van der Waals surface area contributed by atoms with E-state index in [1.807, 2.05) is 0 Å². The summed E-state index contributed by atoms with van der Waals surface area (Å²) >= 11 is 0. The van der Waals surface area contributed by atoms with Crippen LogP contribution in [0.25, 0.3) is 0 Å². The molecule has 0 unspecified atom stereocenters. The molecule has 0 bridgehead atoms. The third-order valence-electron chi connectivity index (χ3n) is 2.95. The van der Waals surface area contributed by atoms with Gasteiger partial charge >= 0.3 is 72.4 Å². The van der Waals surface area contributed by atoms with Crippen molar-refractivity contribution in [2.45, 2.75) is 39.8 Å². The summed E-state index contributed by atoms with van der Waals surface area (Å²) in [6, 6.07) is 0. The molecule has 0 amide bonds. The van der Waals surface area contributed by atoms with Gasteiger partial charge in [0.1, 0.15) is 0 Å². The quantitative estimate of drug-likeness (QED) is 0.565. The Hall–Kier alpha value is 0.430. The third kappa shape index (κ3) is 3.56. The Morgan fingerprint density at radius 2 is 1.45 bits per heavy atom. The molecule has 0 aliphatic heterocycles. The second-order valence-electron chi connectivity index (χ2n) is 5.73. The van der Waals surface area contributed by atoms with Crippen LogP contribution in [0.5, 0.6) is 0 Å². The van der Waals surface area contributed by atoms with Crippen molar-refractivity contribution in [1.82, 2.24) is 0 Å². The maximum absolute atomic E-state index is 2.51. The first-order valence-corrected chi connectivity index (χ1v) is 7.87. The van der Waals surface area contributed by atoms with E-state index in [4.69, 9.17) is 0 Å². The average molecular weight is 176 g/mol. The first-order valence-electron chi connectivity index (χ1n) is 4.67. The Kier molecular flexibility index (Phi) is 3.57. The van der Waals surface area contributed by atoms with E-state index in [1.54, 1.807) is 0 Å². The summed E-state index contributed by atoms with van der Waals surface area (Å²) in [6.07, 6.45) is 1.45. The third-order valence-corrected chi connectivity index (χ3v) is 8.85. The van der Waals surface area contributed by atoms with Crippen LogP contribution in [-0.4, -0.2) is 24.6 Å². The van der Waals surface area contributed by atoms with Crippen molar-refractivity contribution in [2.24, 2.45) is 5.92 Å². The molecule has 0 heterocycles. The van der Waals surface area contributed by atoms with Gasteiger partial charge in [-0.05, 0) is 0 Å². The van der Waals surface area contributed by atoms with E-state index in [9.17, 15) is 0 Å². The number of hydrogen-bond donors (Lipinski definition) is 0. The van der Waals surface area contributed by atoms with Crippen molar-refractivity contribution in [3.8, 4) is 0 Å². The molecule has 0 N–H and O–H groups in total. The standard InChI is InChI=1S/C10H25P/c1-9(2)8-11(6,7)10(3,4)5/h9,11H,8H2,1-7H3. The van der Waals surface area contributed by atoms with Gasteiger partial charge in [0.25, 0.3) is 0 Å². The molecule has 11 heavy (non-hydrogen) atoms. The normalized spacial score (nSPS) is 15.6. The van der Waals surface area contributed by atoms with Gasteiger partial charge in [-0.15, -0.1) is 0 Å². The van der Waals surface area contributed by atoms with Crippen LogP contribution in [0.15, 0.2) is 0 Å². The van der Waals surface area contributed by atoms with Gasteiger partial charge in [-0.3, -0.25) is 0 Å². The van der Waals surface area contributed by atoms with Crippen LogP contribution in [-0.2, 0) is 0 Å². The van der Waals surface area contributed by atoms with Gasteiger partial charge in [-0.25, -0.2) is 0 Å². The van der Waals surface area contributed by atoms with E-state index in [-0.39, 0.29) is 0 Å². The van der Waals surface area contributed by atoms with Crippen LogP contribution < -0.4 is 0 Å². The summed E-state index contributed by atoms with van der Waals surface area (Å²) in [5.41, 5.74) is 0. The van der Waals surface area contributed by atoms with Crippen LogP contribution in [0.4, 0.5) is 0 Å². The average Bonchev–Trinajstić information content (AvgIpc) is 1.56. The summed E-state index contributed by atoms with van der Waals surface area (Å²) < 4.78 is 0. The summed E-state index contributed by atoms with van der Waals surface area (Å²) in [6.45, 7) is 16.9. The Bertz CT molecular complexity index is 117. The molecule has 0 nitrogen and oxygen atoms in total. The van der Waals surface area contributed by atoms with E-state index in [0.29, 0.717) is 5.16 Å². The molecule has 0 radical (unpaired) electrons. The summed E-state index contributed by atoms with van der Waals surface area (Å²) in [5, 5.41) is 0.567. The second-order valence-corrected chi connectivity index (χ2v) is 11.4. The van der Waals surface area contributed by atoms with Gasteiger partial charge in [0, 0.05) is 0 Å². The van der Waals surface area contributed by atoms with Crippen molar-refractivity contribution in [3.05, 3.63) is 0 Å². The molecule has 0 saturated carbocycles. The Morgan fingerprint density at radius 1 is 1.09 bits per heavy atom. The van der Waals surface area contributed by atoms with Gasteiger partial charge in [0.15, 0.2) is 0 Å². The van der Waals surface area contributed by atoms with Gasteiger partial charge < -0.3 is 0 Å². The van der Waals surface area contributed by atoms with Crippen LogP contribution in [0, 0.1) is 5.92 Å². The molecule has 0 spiro atoms. The monoisotopic (exact) mass is 176 g/mol. The fraction of sp³-hybridized carbons (Fsp3) is 1.00.